The van der Waals surface area contributed by atoms with Crippen LogP contribution in [0.25, 0.3) is 0 Å². The molecule has 1 aromatic rings. The first-order valence-electron chi connectivity index (χ1n) is 8.15. The highest BCUT2D eigenvalue weighted by Crippen LogP contribution is 2.23. The Kier molecular flexibility index (Phi) is 6.22. The fourth-order valence-electron chi connectivity index (χ4n) is 3.12. The number of benzene rings is 1. The third-order valence-electron chi connectivity index (χ3n) is 4.05. The Morgan fingerprint density at radius 3 is 2.62 bits per heavy atom. The van der Waals surface area contributed by atoms with E-state index in [4.69, 9.17) is 9.47 Å². The summed E-state index contributed by atoms with van der Waals surface area (Å²) in [4.78, 5) is 0. The van der Waals surface area contributed by atoms with Gasteiger partial charge in [0.25, 0.3) is 0 Å². The molecule has 3 unspecified atom stereocenters. The van der Waals surface area contributed by atoms with E-state index in [0.29, 0.717) is 18.3 Å². The van der Waals surface area contributed by atoms with Crippen molar-refractivity contribution in [2.45, 2.75) is 64.9 Å². The van der Waals surface area contributed by atoms with Crippen molar-refractivity contribution in [2.75, 3.05) is 13.2 Å². The van der Waals surface area contributed by atoms with Gasteiger partial charge in [0.2, 0.25) is 0 Å². The number of hydrogen-bond acceptors (Lipinski definition) is 3. The van der Waals surface area contributed by atoms with Crippen molar-refractivity contribution >= 4 is 0 Å². The maximum absolute atomic E-state index is 6.19. The lowest BCUT2D eigenvalue weighted by Gasteiger charge is -2.33. The van der Waals surface area contributed by atoms with E-state index >= 15 is 0 Å². The number of aryl methyl sites for hydroxylation is 1. The van der Waals surface area contributed by atoms with Crippen LogP contribution in [0.4, 0.5) is 0 Å². The van der Waals surface area contributed by atoms with Gasteiger partial charge in [-0.05, 0) is 45.7 Å². The fourth-order valence-corrected chi connectivity index (χ4v) is 3.12. The van der Waals surface area contributed by atoms with Crippen LogP contribution in [-0.2, 0) is 9.47 Å². The van der Waals surface area contributed by atoms with Crippen molar-refractivity contribution in [3.05, 3.63) is 35.4 Å². The summed E-state index contributed by atoms with van der Waals surface area (Å²) in [6, 6.07) is 8.94. The maximum Gasteiger partial charge on any atom is 0.0665 e. The standard InChI is InChI=1S/C18H29NO2/c1-5-19-18(16-8-6-7-13(2)9-16)12-20-17-10-14(3)21-15(4)11-17/h6-9,14-15,17-19H,5,10-12H2,1-4H3. The highest BCUT2D eigenvalue weighted by molar-refractivity contribution is 5.25. The molecule has 0 radical (unpaired) electrons. The zero-order valence-corrected chi connectivity index (χ0v) is 13.8. The second-order valence-corrected chi connectivity index (χ2v) is 6.21. The summed E-state index contributed by atoms with van der Waals surface area (Å²) in [6.07, 6.45) is 2.91. The first kappa shape index (κ1) is 16.5. The molecular formula is C18H29NO2. The first-order chi connectivity index (χ1) is 10.1. The van der Waals surface area contributed by atoms with Crippen molar-refractivity contribution < 1.29 is 9.47 Å². The van der Waals surface area contributed by atoms with Crippen LogP contribution in [0.3, 0.4) is 0 Å². The molecule has 0 aromatic heterocycles. The topological polar surface area (TPSA) is 30.5 Å². The number of ether oxygens (including phenoxy) is 2. The van der Waals surface area contributed by atoms with Crippen LogP contribution in [0.2, 0.25) is 0 Å². The highest BCUT2D eigenvalue weighted by atomic mass is 16.5. The van der Waals surface area contributed by atoms with Gasteiger partial charge in [-0.3, -0.25) is 0 Å². The Hall–Kier alpha value is -0.900. The summed E-state index contributed by atoms with van der Waals surface area (Å²) in [5, 5.41) is 3.53. The van der Waals surface area contributed by atoms with Gasteiger partial charge >= 0.3 is 0 Å². The number of rotatable bonds is 6. The van der Waals surface area contributed by atoms with Crippen molar-refractivity contribution in [1.82, 2.24) is 5.32 Å². The van der Waals surface area contributed by atoms with E-state index < -0.39 is 0 Å². The van der Waals surface area contributed by atoms with E-state index in [0.717, 1.165) is 26.0 Å². The summed E-state index contributed by atoms with van der Waals surface area (Å²) < 4.78 is 12.0. The summed E-state index contributed by atoms with van der Waals surface area (Å²) in [7, 11) is 0. The van der Waals surface area contributed by atoms with Gasteiger partial charge in [-0.2, -0.15) is 0 Å². The molecule has 1 saturated heterocycles. The highest BCUT2D eigenvalue weighted by Gasteiger charge is 2.25. The van der Waals surface area contributed by atoms with E-state index in [1.165, 1.54) is 11.1 Å². The monoisotopic (exact) mass is 291 g/mol. The lowest BCUT2D eigenvalue weighted by molar-refractivity contribution is -0.104. The molecule has 1 aliphatic heterocycles. The molecule has 0 spiro atoms. The van der Waals surface area contributed by atoms with Gasteiger partial charge in [0.1, 0.15) is 0 Å². The first-order valence-corrected chi connectivity index (χ1v) is 8.15. The molecule has 118 valence electrons. The Morgan fingerprint density at radius 2 is 2.00 bits per heavy atom. The van der Waals surface area contributed by atoms with E-state index in [-0.39, 0.29) is 6.04 Å². The van der Waals surface area contributed by atoms with Crippen molar-refractivity contribution in [3.8, 4) is 0 Å². The second-order valence-electron chi connectivity index (χ2n) is 6.21. The minimum Gasteiger partial charge on any atom is -0.376 e. The van der Waals surface area contributed by atoms with Crippen LogP contribution in [0.1, 0.15) is 50.8 Å². The van der Waals surface area contributed by atoms with Crippen molar-refractivity contribution in [1.29, 1.82) is 0 Å². The van der Waals surface area contributed by atoms with E-state index in [2.05, 4.69) is 57.3 Å². The largest absolute Gasteiger partial charge is 0.376 e. The summed E-state index contributed by atoms with van der Waals surface area (Å²) in [6.45, 7) is 10.2. The molecule has 1 N–H and O–H groups in total. The lowest BCUT2D eigenvalue weighted by Crippen LogP contribution is -2.36. The summed E-state index contributed by atoms with van der Waals surface area (Å²) in [5.74, 6) is 0. The molecule has 3 nitrogen and oxygen atoms in total. The number of hydrogen-bond donors (Lipinski definition) is 1. The van der Waals surface area contributed by atoms with E-state index in [9.17, 15) is 0 Å². The smallest absolute Gasteiger partial charge is 0.0665 e. The van der Waals surface area contributed by atoms with Crippen LogP contribution in [0, 0.1) is 6.92 Å². The third-order valence-corrected chi connectivity index (χ3v) is 4.05. The molecule has 0 amide bonds. The molecule has 2 rings (SSSR count). The zero-order valence-electron chi connectivity index (χ0n) is 13.8. The summed E-state index contributed by atoms with van der Waals surface area (Å²) >= 11 is 0. The van der Waals surface area contributed by atoms with Crippen LogP contribution >= 0.6 is 0 Å². The summed E-state index contributed by atoms with van der Waals surface area (Å²) in [5.41, 5.74) is 2.61. The number of likely N-dealkylation sites (N-methyl/N-ethyl adjacent to an activating group) is 1. The van der Waals surface area contributed by atoms with Gasteiger partial charge in [0.05, 0.1) is 31.0 Å². The van der Waals surface area contributed by atoms with Crippen LogP contribution < -0.4 is 5.32 Å². The van der Waals surface area contributed by atoms with Crippen LogP contribution in [0.15, 0.2) is 24.3 Å². The normalized spacial score (nSPS) is 27.5. The fraction of sp³-hybridized carbons (Fsp3) is 0.667. The molecular weight excluding hydrogens is 262 g/mol. The Bertz CT molecular complexity index is 425. The lowest BCUT2D eigenvalue weighted by atomic mass is 10.0. The van der Waals surface area contributed by atoms with Gasteiger partial charge in [-0.25, -0.2) is 0 Å². The molecule has 0 aliphatic carbocycles. The van der Waals surface area contributed by atoms with Gasteiger partial charge in [0, 0.05) is 0 Å². The van der Waals surface area contributed by atoms with E-state index in [1.54, 1.807) is 0 Å². The van der Waals surface area contributed by atoms with Gasteiger partial charge in [0.15, 0.2) is 0 Å². The SMILES string of the molecule is CCNC(COC1CC(C)OC(C)C1)c1cccc(C)c1. The molecule has 21 heavy (non-hydrogen) atoms. The number of nitrogens with one attached hydrogen (secondary N) is 1. The predicted octanol–water partition coefficient (Wildman–Crippen LogP) is 3.62. The Morgan fingerprint density at radius 1 is 1.29 bits per heavy atom. The average Bonchev–Trinajstić information content (AvgIpc) is 2.42. The Labute approximate surface area is 129 Å². The third kappa shape index (κ3) is 5.10. The minimum atomic E-state index is 0.267. The minimum absolute atomic E-state index is 0.267. The van der Waals surface area contributed by atoms with E-state index in [1.807, 2.05) is 0 Å². The van der Waals surface area contributed by atoms with Crippen LogP contribution in [-0.4, -0.2) is 31.5 Å². The van der Waals surface area contributed by atoms with Gasteiger partial charge in [-0.15, -0.1) is 0 Å². The van der Waals surface area contributed by atoms with Crippen molar-refractivity contribution in [2.24, 2.45) is 0 Å². The quantitative estimate of drug-likeness (QED) is 0.868. The maximum atomic E-state index is 6.19. The zero-order chi connectivity index (χ0) is 15.2. The van der Waals surface area contributed by atoms with Crippen molar-refractivity contribution in [3.63, 3.8) is 0 Å². The molecule has 1 heterocycles. The van der Waals surface area contributed by atoms with Crippen LogP contribution in [0.5, 0.6) is 0 Å². The molecule has 3 atom stereocenters. The molecule has 1 aromatic carbocycles. The molecule has 1 fully saturated rings. The molecule has 1 aliphatic rings. The second kappa shape index (κ2) is 7.92. The molecule has 0 bridgehead atoms. The Balaban J connectivity index is 1.94. The van der Waals surface area contributed by atoms with Gasteiger partial charge < -0.3 is 14.8 Å². The predicted molar refractivity (Wildman–Crippen MR) is 86.6 cm³/mol. The molecule has 3 heteroatoms. The van der Waals surface area contributed by atoms with Gasteiger partial charge in [-0.1, -0.05) is 36.8 Å². The molecule has 0 saturated carbocycles. The average molecular weight is 291 g/mol.